The number of carbonyl (C=O) groups is 1. The lowest BCUT2D eigenvalue weighted by Crippen LogP contribution is -2.38. The van der Waals surface area contributed by atoms with Crippen molar-refractivity contribution in [3.63, 3.8) is 0 Å². The first-order valence-corrected chi connectivity index (χ1v) is 8.91. The zero-order valence-electron chi connectivity index (χ0n) is 14.3. The molecular weight excluding hydrogens is 402 g/mol. The van der Waals surface area contributed by atoms with Crippen molar-refractivity contribution in [1.82, 2.24) is 0 Å². The Morgan fingerprint density at radius 3 is 2.58 bits per heavy atom. The number of nitro benzene ring substituents is 1. The molecule has 0 saturated carbocycles. The summed E-state index contributed by atoms with van der Waals surface area (Å²) in [6.45, 7) is 2.25. The summed E-state index contributed by atoms with van der Waals surface area (Å²) in [6, 6.07) is 13.5. The van der Waals surface area contributed by atoms with E-state index in [4.69, 9.17) is 0 Å². The highest BCUT2D eigenvalue weighted by Gasteiger charge is 2.16. The summed E-state index contributed by atoms with van der Waals surface area (Å²) in [5, 5.41) is 23.5. The van der Waals surface area contributed by atoms with E-state index in [-0.39, 0.29) is 18.1 Å². The maximum Gasteiger partial charge on any atom is 0.270 e. The van der Waals surface area contributed by atoms with Crippen LogP contribution in [0.4, 0.5) is 17.1 Å². The van der Waals surface area contributed by atoms with Gasteiger partial charge in [-0.3, -0.25) is 14.9 Å². The van der Waals surface area contributed by atoms with Crippen molar-refractivity contribution in [3.8, 4) is 0 Å². The Morgan fingerprint density at radius 1 is 1.31 bits per heavy atom. The van der Waals surface area contributed by atoms with Crippen molar-refractivity contribution in [3.05, 3.63) is 63.1 Å². The highest BCUT2D eigenvalue weighted by Crippen LogP contribution is 2.27. The summed E-state index contributed by atoms with van der Waals surface area (Å²) in [7, 11) is 0. The topological polar surface area (TPSA) is 95.7 Å². The van der Waals surface area contributed by atoms with Gasteiger partial charge >= 0.3 is 0 Å². The smallest absolute Gasteiger partial charge is 0.270 e. The molecule has 0 aliphatic carbocycles. The predicted octanol–water partition coefficient (Wildman–Crippen LogP) is 3.57. The van der Waals surface area contributed by atoms with E-state index in [9.17, 15) is 20.0 Å². The summed E-state index contributed by atoms with van der Waals surface area (Å²) in [4.78, 5) is 24.5. The SMILES string of the molecule is CCC(O)CN(CC(=O)Nc1ccc([N+](=O)[O-])cc1Br)c1ccccc1. The van der Waals surface area contributed by atoms with Gasteiger partial charge in [0.1, 0.15) is 0 Å². The van der Waals surface area contributed by atoms with Crippen LogP contribution in [0.2, 0.25) is 0 Å². The van der Waals surface area contributed by atoms with Gasteiger partial charge in [0.15, 0.2) is 0 Å². The van der Waals surface area contributed by atoms with E-state index < -0.39 is 11.0 Å². The molecule has 1 unspecified atom stereocenters. The fraction of sp³-hybridized carbons (Fsp3) is 0.278. The molecular formula is C18H20BrN3O4. The molecule has 2 N–H and O–H groups in total. The number of hydrogen-bond donors (Lipinski definition) is 2. The molecule has 1 atom stereocenters. The van der Waals surface area contributed by atoms with E-state index in [1.807, 2.05) is 37.3 Å². The maximum atomic E-state index is 12.4. The number of aliphatic hydroxyl groups excluding tert-OH is 1. The van der Waals surface area contributed by atoms with Crippen LogP contribution in [-0.2, 0) is 4.79 Å². The number of nitrogens with zero attached hydrogens (tertiary/aromatic N) is 2. The van der Waals surface area contributed by atoms with E-state index in [0.29, 0.717) is 23.1 Å². The molecule has 1 amide bonds. The van der Waals surface area contributed by atoms with Crippen LogP contribution < -0.4 is 10.2 Å². The third-order valence-corrected chi connectivity index (χ3v) is 4.45. The number of benzene rings is 2. The number of hydrogen-bond acceptors (Lipinski definition) is 5. The van der Waals surface area contributed by atoms with Gasteiger partial charge in [0.05, 0.1) is 23.3 Å². The van der Waals surface area contributed by atoms with Gasteiger partial charge in [0.2, 0.25) is 5.91 Å². The third kappa shape index (κ3) is 5.53. The van der Waals surface area contributed by atoms with E-state index in [1.165, 1.54) is 18.2 Å². The first-order valence-electron chi connectivity index (χ1n) is 8.12. The van der Waals surface area contributed by atoms with Crippen LogP contribution >= 0.6 is 15.9 Å². The summed E-state index contributed by atoms with van der Waals surface area (Å²) in [5.41, 5.74) is 1.22. The largest absolute Gasteiger partial charge is 0.391 e. The zero-order valence-corrected chi connectivity index (χ0v) is 15.8. The van der Waals surface area contributed by atoms with Gasteiger partial charge in [-0.05, 0) is 40.5 Å². The normalized spacial score (nSPS) is 11.7. The van der Waals surface area contributed by atoms with Crippen LogP contribution in [0.15, 0.2) is 53.0 Å². The number of halogens is 1. The van der Waals surface area contributed by atoms with Crippen LogP contribution in [0.25, 0.3) is 0 Å². The molecule has 7 nitrogen and oxygen atoms in total. The molecule has 0 aliphatic rings. The third-order valence-electron chi connectivity index (χ3n) is 3.80. The second-order valence-corrected chi connectivity index (χ2v) is 6.60. The van der Waals surface area contributed by atoms with Gasteiger partial charge in [-0.25, -0.2) is 0 Å². The standard InChI is InChI=1S/C18H20BrN3O4/c1-2-15(23)11-21(13-6-4-3-5-7-13)12-18(24)20-17-9-8-14(22(25)26)10-16(17)19/h3-10,15,23H,2,11-12H2,1H3,(H,20,24). The quantitative estimate of drug-likeness (QED) is 0.501. The minimum absolute atomic E-state index is 0.0461. The van der Waals surface area contributed by atoms with E-state index in [0.717, 1.165) is 5.69 Å². The van der Waals surface area contributed by atoms with Gasteiger partial charge < -0.3 is 15.3 Å². The Bertz CT molecular complexity index is 770. The van der Waals surface area contributed by atoms with Crippen molar-refractivity contribution >= 4 is 38.9 Å². The number of nitro groups is 1. The molecule has 2 aromatic carbocycles. The molecule has 0 spiro atoms. The number of amides is 1. The average molecular weight is 422 g/mol. The highest BCUT2D eigenvalue weighted by atomic mass is 79.9. The number of non-ortho nitro benzene ring substituents is 1. The highest BCUT2D eigenvalue weighted by molar-refractivity contribution is 9.10. The Morgan fingerprint density at radius 2 is 2.00 bits per heavy atom. The molecule has 0 aromatic heterocycles. The van der Waals surface area contributed by atoms with Crippen LogP contribution in [0, 0.1) is 10.1 Å². The second kappa shape index (κ2) is 9.30. The maximum absolute atomic E-state index is 12.4. The lowest BCUT2D eigenvalue weighted by Gasteiger charge is -2.26. The van der Waals surface area contributed by atoms with Crippen molar-refractivity contribution in [2.24, 2.45) is 0 Å². The number of carbonyl (C=O) groups excluding carboxylic acids is 1. The number of anilines is 2. The molecule has 0 radical (unpaired) electrons. The van der Waals surface area contributed by atoms with E-state index in [1.54, 1.807) is 4.90 Å². The Balaban J connectivity index is 2.10. The lowest BCUT2D eigenvalue weighted by atomic mass is 10.2. The minimum atomic E-state index is -0.547. The molecule has 2 rings (SSSR count). The first kappa shape index (κ1) is 19.9. The Labute approximate surface area is 159 Å². The molecule has 0 saturated heterocycles. The minimum Gasteiger partial charge on any atom is -0.391 e. The number of rotatable bonds is 8. The number of aliphatic hydroxyl groups is 1. The lowest BCUT2D eigenvalue weighted by molar-refractivity contribution is -0.384. The van der Waals surface area contributed by atoms with Crippen molar-refractivity contribution in [1.29, 1.82) is 0 Å². The van der Waals surface area contributed by atoms with Crippen LogP contribution in [0.3, 0.4) is 0 Å². The summed E-state index contributed by atoms with van der Waals surface area (Å²) >= 11 is 3.23. The molecule has 2 aromatic rings. The molecule has 8 heteroatoms. The molecule has 138 valence electrons. The predicted molar refractivity (Wildman–Crippen MR) is 104 cm³/mol. The molecule has 0 fully saturated rings. The summed E-state index contributed by atoms with van der Waals surface area (Å²) < 4.78 is 0.430. The fourth-order valence-corrected chi connectivity index (χ4v) is 2.83. The summed E-state index contributed by atoms with van der Waals surface area (Å²) in [5.74, 6) is -0.285. The van der Waals surface area contributed by atoms with Crippen molar-refractivity contribution in [2.45, 2.75) is 19.4 Å². The Hall–Kier alpha value is -2.45. The van der Waals surface area contributed by atoms with E-state index in [2.05, 4.69) is 21.2 Å². The zero-order chi connectivity index (χ0) is 19.1. The van der Waals surface area contributed by atoms with Gasteiger partial charge in [-0.2, -0.15) is 0 Å². The van der Waals surface area contributed by atoms with Gasteiger partial charge in [-0.15, -0.1) is 0 Å². The number of para-hydroxylation sites is 1. The van der Waals surface area contributed by atoms with Gasteiger partial charge in [-0.1, -0.05) is 25.1 Å². The van der Waals surface area contributed by atoms with Crippen LogP contribution in [-0.4, -0.2) is 35.1 Å². The Kier molecular flexibility index (Phi) is 7.11. The van der Waals surface area contributed by atoms with E-state index >= 15 is 0 Å². The second-order valence-electron chi connectivity index (χ2n) is 5.75. The summed E-state index contributed by atoms with van der Waals surface area (Å²) in [6.07, 6.45) is 0.0351. The van der Waals surface area contributed by atoms with Crippen LogP contribution in [0.1, 0.15) is 13.3 Å². The molecule has 0 bridgehead atoms. The van der Waals surface area contributed by atoms with Crippen molar-refractivity contribution in [2.75, 3.05) is 23.3 Å². The average Bonchev–Trinajstić information content (AvgIpc) is 2.63. The van der Waals surface area contributed by atoms with Crippen molar-refractivity contribution < 1.29 is 14.8 Å². The monoisotopic (exact) mass is 421 g/mol. The first-order chi connectivity index (χ1) is 12.4. The van der Waals surface area contributed by atoms with Gasteiger partial charge in [0, 0.05) is 28.8 Å². The van der Waals surface area contributed by atoms with Gasteiger partial charge in [0.25, 0.3) is 5.69 Å². The fourth-order valence-electron chi connectivity index (χ4n) is 2.37. The molecule has 0 aliphatic heterocycles. The van der Waals surface area contributed by atoms with Crippen LogP contribution in [0.5, 0.6) is 0 Å². The molecule has 0 heterocycles. The molecule has 26 heavy (non-hydrogen) atoms. The number of nitrogens with one attached hydrogen (secondary N) is 1.